The highest BCUT2D eigenvalue weighted by molar-refractivity contribution is 5.58. The van der Waals surface area contributed by atoms with Gasteiger partial charge in [0.15, 0.2) is 0 Å². The molecule has 0 radical (unpaired) electrons. The summed E-state index contributed by atoms with van der Waals surface area (Å²) in [6.07, 6.45) is 1.76. The number of β-amino-alcohol motifs (C(OH)–C–C–N with tert-alkyl or cyclic N) is 1. The van der Waals surface area contributed by atoms with Crippen LogP contribution in [0, 0.1) is 0 Å². The number of piperazine rings is 1. The molecule has 1 fully saturated rings. The van der Waals surface area contributed by atoms with Gasteiger partial charge in [-0.3, -0.25) is 4.90 Å². The van der Waals surface area contributed by atoms with Crippen molar-refractivity contribution in [2.45, 2.75) is 25.9 Å². The molecule has 0 spiro atoms. The number of hydrogen-bond acceptors (Lipinski definition) is 4. The van der Waals surface area contributed by atoms with E-state index in [1.807, 2.05) is 12.1 Å². The molecule has 1 atom stereocenters. The van der Waals surface area contributed by atoms with E-state index in [-0.39, 0.29) is 6.10 Å². The Balaban J connectivity index is 1.88. The van der Waals surface area contributed by atoms with Crippen LogP contribution in [-0.2, 0) is 0 Å². The normalized spacial score (nSPS) is 18.1. The van der Waals surface area contributed by atoms with Crippen LogP contribution in [0.1, 0.15) is 19.8 Å². The van der Waals surface area contributed by atoms with Crippen molar-refractivity contribution in [3.8, 4) is 5.75 Å². The van der Waals surface area contributed by atoms with Gasteiger partial charge in [0, 0.05) is 32.7 Å². The summed E-state index contributed by atoms with van der Waals surface area (Å²) < 4.78 is 5.43. The number of anilines is 1. The summed E-state index contributed by atoms with van der Waals surface area (Å²) in [4.78, 5) is 4.72. The molecule has 112 valence electrons. The molecule has 4 nitrogen and oxygen atoms in total. The Morgan fingerprint density at radius 2 is 1.90 bits per heavy atom. The van der Waals surface area contributed by atoms with Crippen molar-refractivity contribution in [1.29, 1.82) is 0 Å². The molecule has 1 aromatic carbocycles. The van der Waals surface area contributed by atoms with Crippen molar-refractivity contribution in [2.75, 3.05) is 44.7 Å². The van der Waals surface area contributed by atoms with Crippen molar-refractivity contribution in [1.82, 2.24) is 4.90 Å². The third-order valence-corrected chi connectivity index (χ3v) is 3.89. The van der Waals surface area contributed by atoms with Crippen LogP contribution in [0.2, 0.25) is 0 Å². The molecule has 0 bridgehead atoms. The summed E-state index contributed by atoms with van der Waals surface area (Å²) >= 11 is 0. The second kappa shape index (κ2) is 7.50. The second-order valence-electron chi connectivity index (χ2n) is 5.40. The van der Waals surface area contributed by atoms with Gasteiger partial charge >= 0.3 is 0 Å². The van der Waals surface area contributed by atoms with Crippen molar-refractivity contribution in [3.05, 3.63) is 24.3 Å². The molecule has 1 heterocycles. The molecule has 0 saturated carbocycles. The first kappa shape index (κ1) is 15.1. The lowest BCUT2D eigenvalue weighted by atomic mass is 10.1. The summed E-state index contributed by atoms with van der Waals surface area (Å²) in [6, 6.07) is 8.17. The topological polar surface area (TPSA) is 35.9 Å². The minimum atomic E-state index is -0.183. The van der Waals surface area contributed by atoms with Crippen LogP contribution in [0.5, 0.6) is 5.75 Å². The van der Waals surface area contributed by atoms with Crippen molar-refractivity contribution in [2.24, 2.45) is 0 Å². The quantitative estimate of drug-likeness (QED) is 0.863. The average molecular weight is 278 g/mol. The largest absolute Gasteiger partial charge is 0.495 e. The lowest BCUT2D eigenvalue weighted by Crippen LogP contribution is -2.48. The standard InChI is InChI=1S/C16H26N2O2/c1-3-6-14(19)13-17-9-11-18(12-10-17)15-7-4-5-8-16(15)20-2/h4-5,7-8,14,19H,3,6,9-13H2,1-2H3. The third kappa shape index (κ3) is 3.87. The van der Waals surface area contributed by atoms with Gasteiger partial charge in [-0.15, -0.1) is 0 Å². The maximum atomic E-state index is 9.89. The molecule has 4 heteroatoms. The molecule has 1 aliphatic rings. The maximum Gasteiger partial charge on any atom is 0.142 e. The number of rotatable bonds is 6. The predicted molar refractivity (Wildman–Crippen MR) is 82.6 cm³/mol. The first-order chi connectivity index (χ1) is 9.74. The van der Waals surface area contributed by atoms with E-state index >= 15 is 0 Å². The Kier molecular flexibility index (Phi) is 5.68. The van der Waals surface area contributed by atoms with Gasteiger partial charge in [0.05, 0.1) is 18.9 Å². The fraction of sp³-hybridized carbons (Fsp3) is 0.625. The molecule has 1 aliphatic heterocycles. The van der Waals surface area contributed by atoms with E-state index in [1.165, 1.54) is 5.69 Å². The van der Waals surface area contributed by atoms with Crippen molar-refractivity contribution in [3.63, 3.8) is 0 Å². The molecule has 0 aliphatic carbocycles. The zero-order valence-corrected chi connectivity index (χ0v) is 12.6. The lowest BCUT2D eigenvalue weighted by Gasteiger charge is -2.37. The van der Waals surface area contributed by atoms with Gasteiger partial charge in [0.25, 0.3) is 0 Å². The Morgan fingerprint density at radius 1 is 1.20 bits per heavy atom. The molecule has 20 heavy (non-hydrogen) atoms. The lowest BCUT2D eigenvalue weighted by molar-refractivity contribution is 0.101. The number of hydrogen-bond donors (Lipinski definition) is 1. The molecule has 1 saturated heterocycles. The minimum Gasteiger partial charge on any atom is -0.495 e. The van der Waals surface area contributed by atoms with Crippen LogP contribution in [0.15, 0.2) is 24.3 Å². The average Bonchev–Trinajstić information content (AvgIpc) is 2.48. The van der Waals surface area contributed by atoms with Gasteiger partial charge in [0.2, 0.25) is 0 Å². The van der Waals surface area contributed by atoms with Gasteiger partial charge in [-0.1, -0.05) is 25.5 Å². The Labute approximate surface area is 122 Å². The van der Waals surface area contributed by atoms with Crippen LogP contribution in [0.3, 0.4) is 0 Å². The molecule has 2 rings (SSSR count). The van der Waals surface area contributed by atoms with E-state index in [0.717, 1.165) is 51.3 Å². The monoisotopic (exact) mass is 278 g/mol. The highest BCUT2D eigenvalue weighted by Gasteiger charge is 2.20. The number of ether oxygens (including phenoxy) is 1. The summed E-state index contributed by atoms with van der Waals surface area (Å²) in [7, 11) is 1.72. The number of para-hydroxylation sites is 2. The molecule has 0 amide bonds. The number of aliphatic hydroxyl groups is 1. The van der Waals surface area contributed by atoms with E-state index in [1.54, 1.807) is 7.11 Å². The zero-order chi connectivity index (χ0) is 14.4. The third-order valence-electron chi connectivity index (χ3n) is 3.89. The molecular formula is C16H26N2O2. The first-order valence-corrected chi connectivity index (χ1v) is 7.53. The number of aliphatic hydroxyl groups excluding tert-OH is 1. The smallest absolute Gasteiger partial charge is 0.142 e. The highest BCUT2D eigenvalue weighted by atomic mass is 16.5. The van der Waals surface area contributed by atoms with E-state index in [2.05, 4.69) is 28.9 Å². The number of benzene rings is 1. The minimum absolute atomic E-state index is 0.183. The fourth-order valence-electron chi connectivity index (χ4n) is 2.78. The van der Waals surface area contributed by atoms with Gasteiger partial charge in [-0.25, -0.2) is 0 Å². The highest BCUT2D eigenvalue weighted by Crippen LogP contribution is 2.28. The van der Waals surface area contributed by atoms with Crippen LogP contribution in [-0.4, -0.2) is 55.9 Å². The van der Waals surface area contributed by atoms with Crippen molar-refractivity contribution >= 4 is 5.69 Å². The van der Waals surface area contributed by atoms with E-state index in [4.69, 9.17) is 4.74 Å². The van der Waals surface area contributed by atoms with Crippen LogP contribution in [0.4, 0.5) is 5.69 Å². The SMILES string of the molecule is CCCC(O)CN1CCN(c2ccccc2OC)CC1. The van der Waals surface area contributed by atoms with Gasteiger partial charge in [0.1, 0.15) is 5.75 Å². The molecule has 1 N–H and O–H groups in total. The molecule has 1 unspecified atom stereocenters. The molecule has 1 aromatic rings. The van der Waals surface area contributed by atoms with Gasteiger partial charge in [-0.05, 0) is 18.6 Å². The Hall–Kier alpha value is -1.26. The summed E-state index contributed by atoms with van der Waals surface area (Å²) in [6.45, 7) is 6.88. The van der Waals surface area contributed by atoms with E-state index in [0.29, 0.717) is 0 Å². The summed E-state index contributed by atoms with van der Waals surface area (Å²) in [5, 5.41) is 9.89. The summed E-state index contributed by atoms with van der Waals surface area (Å²) in [5.74, 6) is 0.937. The summed E-state index contributed by atoms with van der Waals surface area (Å²) in [5.41, 5.74) is 1.17. The fourth-order valence-corrected chi connectivity index (χ4v) is 2.78. The Morgan fingerprint density at radius 3 is 2.55 bits per heavy atom. The first-order valence-electron chi connectivity index (χ1n) is 7.53. The molecular weight excluding hydrogens is 252 g/mol. The van der Waals surface area contributed by atoms with Crippen LogP contribution < -0.4 is 9.64 Å². The Bertz CT molecular complexity index is 403. The van der Waals surface area contributed by atoms with Crippen LogP contribution >= 0.6 is 0 Å². The van der Waals surface area contributed by atoms with Crippen molar-refractivity contribution < 1.29 is 9.84 Å². The maximum absolute atomic E-state index is 9.89. The zero-order valence-electron chi connectivity index (χ0n) is 12.6. The second-order valence-corrected chi connectivity index (χ2v) is 5.40. The predicted octanol–water partition coefficient (Wildman–Crippen LogP) is 1.98. The molecule has 0 aromatic heterocycles. The van der Waals surface area contributed by atoms with Gasteiger partial charge < -0.3 is 14.7 Å². The van der Waals surface area contributed by atoms with E-state index in [9.17, 15) is 5.11 Å². The number of nitrogens with zero attached hydrogens (tertiary/aromatic N) is 2. The van der Waals surface area contributed by atoms with E-state index < -0.39 is 0 Å². The van der Waals surface area contributed by atoms with Crippen LogP contribution in [0.25, 0.3) is 0 Å². The number of methoxy groups -OCH3 is 1. The van der Waals surface area contributed by atoms with Gasteiger partial charge in [-0.2, -0.15) is 0 Å².